The fourth-order valence-electron chi connectivity index (χ4n) is 2.96. The number of carbonyl (C=O) groups excluding carboxylic acids is 2. The van der Waals surface area contributed by atoms with Gasteiger partial charge in [-0.05, 0) is 43.2 Å². The van der Waals surface area contributed by atoms with E-state index < -0.39 is 0 Å². The monoisotopic (exact) mass is 316 g/mol. The highest BCUT2D eigenvalue weighted by Gasteiger charge is 2.21. The molecule has 1 aromatic rings. The van der Waals surface area contributed by atoms with E-state index in [1.807, 2.05) is 6.92 Å². The van der Waals surface area contributed by atoms with Gasteiger partial charge in [0.05, 0.1) is 5.56 Å². The number of allylic oxidation sites excluding steroid dienone is 2. The summed E-state index contributed by atoms with van der Waals surface area (Å²) in [5.41, 5.74) is 0.612. The van der Waals surface area contributed by atoms with Crippen LogP contribution in [-0.2, 0) is 11.2 Å². The number of phenols is 2. The minimum atomic E-state index is -0.243. The van der Waals surface area contributed by atoms with E-state index in [2.05, 4.69) is 12.2 Å². The summed E-state index contributed by atoms with van der Waals surface area (Å²) in [4.78, 5) is 24.7. The summed E-state index contributed by atoms with van der Waals surface area (Å²) in [6, 6.07) is 2.58. The molecule has 1 atom stereocenters. The maximum Gasteiger partial charge on any atom is 0.167 e. The number of hydrogen-bond donors (Lipinski definition) is 2. The van der Waals surface area contributed by atoms with Crippen molar-refractivity contribution in [3.05, 3.63) is 35.4 Å². The summed E-state index contributed by atoms with van der Waals surface area (Å²) in [5.74, 6) is -0.355. The van der Waals surface area contributed by atoms with Gasteiger partial charge in [-0.15, -0.1) is 0 Å². The number of aromatic hydroxyl groups is 2. The highest BCUT2D eigenvalue weighted by atomic mass is 16.3. The summed E-state index contributed by atoms with van der Waals surface area (Å²) < 4.78 is 0. The van der Waals surface area contributed by atoms with Crippen molar-refractivity contribution >= 4 is 11.6 Å². The topological polar surface area (TPSA) is 74.6 Å². The fraction of sp³-hybridized carbons (Fsp3) is 0.474. The third kappa shape index (κ3) is 4.95. The predicted octanol–water partition coefficient (Wildman–Crippen LogP) is 3.94. The average molecular weight is 316 g/mol. The van der Waals surface area contributed by atoms with E-state index in [0.29, 0.717) is 18.4 Å². The van der Waals surface area contributed by atoms with Crippen LogP contribution in [0.3, 0.4) is 0 Å². The minimum absolute atomic E-state index is 0.0261. The smallest absolute Gasteiger partial charge is 0.167 e. The Kier molecular flexibility index (Phi) is 5.97. The van der Waals surface area contributed by atoms with Gasteiger partial charge in [-0.2, -0.15) is 0 Å². The second-order valence-electron chi connectivity index (χ2n) is 6.40. The number of ketones is 2. The summed E-state index contributed by atoms with van der Waals surface area (Å²) in [6.07, 6.45) is 8.58. The van der Waals surface area contributed by atoms with Crippen LogP contribution in [0, 0.1) is 5.92 Å². The first-order valence-electron chi connectivity index (χ1n) is 8.22. The third-order valence-electron chi connectivity index (χ3n) is 4.17. The van der Waals surface area contributed by atoms with Gasteiger partial charge in [-0.1, -0.05) is 19.1 Å². The van der Waals surface area contributed by atoms with Crippen molar-refractivity contribution in [2.75, 3.05) is 0 Å². The zero-order valence-electron chi connectivity index (χ0n) is 13.5. The van der Waals surface area contributed by atoms with E-state index in [1.165, 1.54) is 6.07 Å². The number of carbonyl (C=O) groups is 2. The van der Waals surface area contributed by atoms with E-state index >= 15 is 0 Å². The van der Waals surface area contributed by atoms with Crippen LogP contribution in [0.25, 0.3) is 0 Å². The molecule has 0 heterocycles. The zero-order chi connectivity index (χ0) is 16.8. The lowest BCUT2D eigenvalue weighted by Crippen LogP contribution is -2.12. The lowest BCUT2D eigenvalue weighted by Gasteiger charge is -2.14. The molecule has 0 fully saturated rings. The molecule has 0 saturated carbocycles. The van der Waals surface area contributed by atoms with Gasteiger partial charge < -0.3 is 10.2 Å². The summed E-state index contributed by atoms with van der Waals surface area (Å²) in [5, 5.41) is 19.8. The average Bonchev–Trinajstić information content (AvgIpc) is 2.44. The first kappa shape index (κ1) is 17.3. The molecule has 0 radical (unpaired) electrons. The fourth-order valence-corrected chi connectivity index (χ4v) is 2.96. The molecule has 23 heavy (non-hydrogen) atoms. The van der Waals surface area contributed by atoms with E-state index in [0.717, 1.165) is 31.7 Å². The van der Waals surface area contributed by atoms with Crippen LogP contribution in [0.15, 0.2) is 24.3 Å². The molecule has 124 valence electrons. The normalized spacial score (nSPS) is 20.8. The summed E-state index contributed by atoms with van der Waals surface area (Å²) in [6.45, 7) is 2.00. The number of benzene rings is 1. The number of Topliss-reactive ketones (excluding diaryl/α,β-unsaturated/α-hetero) is 2. The quantitative estimate of drug-likeness (QED) is 0.711. The van der Waals surface area contributed by atoms with Crippen LogP contribution < -0.4 is 0 Å². The van der Waals surface area contributed by atoms with Crippen molar-refractivity contribution in [2.24, 2.45) is 5.92 Å². The molecule has 1 aliphatic carbocycles. The maximum atomic E-state index is 12.5. The predicted molar refractivity (Wildman–Crippen MR) is 88.8 cm³/mol. The standard InChI is InChI=1S/C19H24O4/c1-13-7-5-3-2-4-6-8-15(20)10-14-11-16(21)12-18(23)19(14)17(22)9-13/h3,5,11-13,21,23H,2,4,6-10H2,1H3/t13-/m1/s1. The van der Waals surface area contributed by atoms with E-state index in [4.69, 9.17) is 0 Å². The summed E-state index contributed by atoms with van der Waals surface area (Å²) >= 11 is 0. The molecule has 0 amide bonds. The zero-order valence-corrected chi connectivity index (χ0v) is 13.5. The molecule has 1 aromatic carbocycles. The van der Waals surface area contributed by atoms with Gasteiger partial charge in [-0.3, -0.25) is 9.59 Å². The Morgan fingerprint density at radius 2 is 1.87 bits per heavy atom. The molecular formula is C19H24O4. The number of hydrogen-bond acceptors (Lipinski definition) is 4. The van der Waals surface area contributed by atoms with Crippen LogP contribution >= 0.6 is 0 Å². The van der Waals surface area contributed by atoms with Gasteiger partial charge in [0.15, 0.2) is 5.78 Å². The number of fused-ring (bicyclic) bond motifs is 1. The minimum Gasteiger partial charge on any atom is -0.508 e. The van der Waals surface area contributed by atoms with Crippen molar-refractivity contribution in [3.63, 3.8) is 0 Å². The molecule has 4 heteroatoms. The molecule has 2 rings (SSSR count). The Morgan fingerprint density at radius 1 is 1.09 bits per heavy atom. The molecule has 0 aromatic heterocycles. The van der Waals surface area contributed by atoms with E-state index in [9.17, 15) is 19.8 Å². The molecular weight excluding hydrogens is 292 g/mol. The number of rotatable bonds is 0. The van der Waals surface area contributed by atoms with Crippen molar-refractivity contribution in [1.29, 1.82) is 0 Å². The molecule has 0 saturated heterocycles. The lowest BCUT2D eigenvalue weighted by molar-refractivity contribution is -0.118. The van der Waals surface area contributed by atoms with Crippen LogP contribution in [0.4, 0.5) is 0 Å². The van der Waals surface area contributed by atoms with Crippen LogP contribution in [0.2, 0.25) is 0 Å². The van der Waals surface area contributed by atoms with Crippen molar-refractivity contribution in [1.82, 2.24) is 0 Å². The Labute approximate surface area is 136 Å². The summed E-state index contributed by atoms with van der Waals surface area (Å²) in [7, 11) is 0. The third-order valence-corrected chi connectivity index (χ3v) is 4.17. The Bertz CT molecular complexity index is 616. The van der Waals surface area contributed by atoms with Crippen LogP contribution in [0.1, 0.15) is 61.4 Å². The molecule has 1 aliphatic rings. The van der Waals surface area contributed by atoms with Gasteiger partial charge in [-0.25, -0.2) is 0 Å². The first-order chi connectivity index (χ1) is 11.0. The van der Waals surface area contributed by atoms with Crippen molar-refractivity contribution in [3.8, 4) is 11.5 Å². The number of phenolic OH excluding ortho intramolecular Hbond substituents is 2. The molecule has 0 aliphatic heterocycles. The van der Waals surface area contributed by atoms with Crippen LogP contribution in [-0.4, -0.2) is 21.8 Å². The first-order valence-corrected chi connectivity index (χ1v) is 8.22. The molecule has 0 bridgehead atoms. The Morgan fingerprint density at radius 3 is 2.65 bits per heavy atom. The van der Waals surface area contributed by atoms with Crippen molar-refractivity contribution < 1.29 is 19.8 Å². The Hall–Kier alpha value is -2.10. The van der Waals surface area contributed by atoms with Crippen LogP contribution in [0.5, 0.6) is 11.5 Å². The van der Waals surface area contributed by atoms with Gasteiger partial charge in [0.1, 0.15) is 17.3 Å². The second-order valence-corrected chi connectivity index (χ2v) is 6.40. The Balaban J connectivity index is 2.34. The lowest BCUT2D eigenvalue weighted by atomic mass is 9.90. The highest BCUT2D eigenvalue weighted by Crippen LogP contribution is 2.30. The second kappa shape index (κ2) is 7.95. The largest absolute Gasteiger partial charge is 0.508 e. The van der Waals surface area contributed by atoms with E-state index in [1.54, 1.807) is 0 Å². The van der Waals surface area contributed by atoms with Crippen molar-refractivity contribution in [2.45, 2.75) is 51.9 Å². The molecule has 2 N–H and O–H groups in total. The van der Waals surface area contributed by atoms with Gasteiger partial charge >= 0.3 is 0 Å². The molecule has 0 spiro atoms. The molecule has 4 nitrogen and oxygen atoms in total. The van der Waals surface area contributed by atoms with Gasteiger partial charge in [0, 0.05) is 25.3 Å². The SMILES string of the molecule is C[C@@H]1CC=CCCCCC(=O)Cc2cc(O)cc(O)c2C(=O)C1. The maximum absolute atomic E-state index is 12.5. The van der Waals surface area contributed by atoms with E-state index in [-0.39, 0.29) is 41.0 Å². The van der Waals surface area contributed by atoms with Gasteiger partial charge in [0.25, 0.3) is 0 Å². The van der Waals surface area contributed by atoms with Gasteiger partial charge in [0.2, 0.25) is 0 Å². The highest BCUT2D eigenvalue weighted by molar-refractivity contribution is 6.01. The molecule has 0 unspecified atom stereocenters.